The zero-order valence-electron chi connectivity index (χ0n) is 29.0. The van der Waals surface area contributed by atoms with Crippen LogP contribution in [0.3, 0.4) is 0 Å². The summed E-state index contributed by atoms with van der Waals surface area (Å²) in [5.41, 5.74) is 19.5. The lowest BCUT2D eigenvalue weighted by molar-refractivity contribution is 0.414. The van der Waals surface area contributed by atoms with Crippen LogP contribution in [0.15, 0.2) is 141 Å². The van der Waals surface area contributed by atoms with Gasteiger partial charge >= 0.3 is 0 Å². The van der Waals surface area contributed by atoms with E-state index < -0.39 is 0 Å². The Morgan fingerprint density at radius 3 is 2.47 bits per heavy atom. The Morgan fingerprint density at radius 2 is 1.72 bits per heavy atom. The maximum absolute atomic E-state index is 5.67. The van der Waals surface area contributed by atoms with Crippen molar-refractivity contribution in [2.45, 2.75) is 116 Å². The molecule has 0 aliphatic heterocycles. The minimum atomic E-state index is 0.504. The maximum atomic E-state index is 5.67. The summed E-state index contributed by atoms with van der Waals surface area (Å²) in [6.07, 6.45) is 54.5. The summed E-state index contributed by atoms with van der Waals surface area (Å²) in [5.74, 6) is 1.29. The Kier molecular flexibility index (Phi) is 12.2. The van der Waals surface area contributed by atoms with Gasteiger partial charge in [-0.1, -0.05) is 90.6 Å². The highest BCUT2D eigenvalue weighted by molar-refractivity contribution is 5.57. The van der Waals surface area contributed by atoms with Crippen LogP contribution in [-0.2, 0) is 0 Å². The largest absolute Gasteiger partial charge is 0.405 e. The van der Waals surface area contributed by atoms with E-state index in [0.29, 0.717) is 17.9 Å². The second-order valence-corrected chi connectivity index (χ2v) is 14.5. The van der Waals surface area contributed by atoms with Gasteiger partial charge in [0.25, 0.3) is 0 Å². The van der Waals surface area contributed by atoms with E-state index in [1.165, 1.54) is 85.7 Å². The quantitative estimate of drug-likeness (QED) is 0.177. The third kappa shape index (κ3) is 8.96. The Labute approximate surface area is 285 Å². The highest BCUT2D eigenvalue weighted by Crippen LogP contribution is 2.42. The monoisotopic (exact) mass is 626 g/mol. The fourth-order valence-electron chi connectivity index (χ4n) is 8.46. The van der Waals surface area contributed by atoms with E-state index in [-0.39, 0.29) is 0 Å². The summed E-state index contributed by atoms with van der Waals surface area (Å²) in [4.78, 5) is 0. The van der Waals surface area contributed by atoms with Crippen molar-refractivity contribution in [3.05, 3.63) is 141 Å². The summed E-state index contributed by atoms with van der Waals surface area (Å²) >= 11 is 0. The second-order valence-electron chi connectivity index (χ2n) is 14.5. The van der Waals surface area contributed by atoms with Crippen molar-refractivity contribution in [2.24, 2.45) is 17.6 Å². The molecule has 6 rings (SSSR count). The van der Waals surface area contributed by atoms with Crippen molar-refractivity contribution < 1.29 is 0 Å². The van der Waals surface area contributed by atoms with E-state index in [2.05, 4.69) is 97.3 Å². The molecule has 3 N–H and O–H groups in total. The van der Waals surface area contributed by atoms with Crippen LogP contribution in [0.1, 0.15) is 110 Å². The Morgan fingerprint density at radius 1 is 0.851 bits per heavy atom. The van der Waals surface area contributed by atoms with Gasteiger partial charge in [0.05, 0.1) is 0 Å². The molecule has 3 unspecified atom stereocenters. The predicted octanol–water partition coefficient (Wildman–Crippen LogP) is 11.4. The van der Waals surface area contributed by atoms with E-state index in [1.807, 2.05) is 0 Å². The van der Waals surface area contributed by atoms with Gasteiger partial charge in [-0.2, -0.15) is 0 Å². The van der Waals surface area contributed by atoms with E-state index in [0.717, 1.165) is 51.5 Å². The summed E-state index contributed by atoms with van der Waals surface area (Å²) in [6, 6.07) is 0.504. The van der Waals surface area contributed by atoms with Crippen molar-refractivity contribution in [1.29, 1.82) is 0 Å². The molecule has 0 heterocycles. The first-order valence-electron chi connectivity index (χ1n) is 18.9. The van der Waals surface area contributed by atoms with Gasteiger partial charge in [-0.3, -0.25) is 0 Å². The van der Waals surface area contributed by atoms with E-state index in [1.54, 1.807) is 28.5 Å². The smallest absolute Gasteiger partial charge is 0.0253 e. The molecule has 47 heavy (non-hydrogen) atoms. The van der Waals surface area contributed by atoms with Gasteiger partial charge in [-0.25, -0.2) is 0 Å². The molecule has 0 radical (unpaired) electrons. The number of allylic oxidation sites excluding steroid dienone is 21. The number of hydrogen-bond acceptors (Lipinski definition) is 2. The van der Waals surface area contributed by atoms with Crippen LogP contribution in [0.2, 0.25) is 0 Å². The van der Waals surface area contributed by atoms with E-state index in [9.17, 15) is 0 Å². The lowest BCUT2D eigenvalue weighted by atomic mass is 9.73. The van der Waals surface area contributed by atoms with Crippen LogP contribution in [0.25, 0.3) is 0 Å². The molecule has 0 aromatic heterocycles. The summed E-state index contributed by atoms with van der Waals surface area (Å²) in [5, 5.41) is 3.91. The molecule has 0 aromatic carbocycles. The van der Waals surface area contributed by atoms with Crippen LogP contribution in [0.4, 0.5) is 0 Å². The molecule has 6 aliphatic rings. The summed E-state index contributed by atoms with van der Waals surface area (Å²) < 4.78 is 0. The van der Waals surface area contributed by atoms with Crippen molar-refractivity contribution in [3.63, 3.8) is 0 Å². The van der Waals surface area contributed by atoms with E-state index >= 15 is 0 Å². The molecule has 248 valence electrons. The standard InChI is InChI=1S/C45H58N2/c1-34(44-23-13-14-24-45(44)39(20-10-5-15-29-46)33-47-43-21-11-4-12-22-43)35-25-27-38(28-26-35)42-31-40(36-16-6-2-7-17-36)30-41(32-42)37-18-8-3-9-19-37/h2,6,8,11,13,15-16,18,21,23,25,27,29,31-32,37,41,43,47H,3-5,7,9-10,12,14,17,19-20,22,24,26,28,30,33,46H2,1H3/b29-15-,44-34+,45-39-. The SMILES string of the molecule is C/C(C1=CC=C(C2=CC(C3C=CCCC3)CC(C3=CC=CCC3)=C2)CC1)=C1/C=CCC/C1=C(\CCC/C=C\N)CNC1C=CCCC1. The lowest BCUT2D eigenvalue weighted by Gasteiger charge is -2.31. The summed E-state index contributed by atoms with van der Waals surface area (Å²) in [7, 11) is 0. The molecular formula is C45H58N2. The molecule has 3 atom stereocenters. The fourth-order valence-corrected chi connectivity index (χ4v) is 8.46. The zero-order chi connectivity index (χ0) is 32.3. The first-order valence-corrected chi connectivity index (χ1v) is 18.9. The van der Waals surface area contributed by atoms with Gasteiger partial charge < -0.3 is 11.1 Å². The van der Waals surface area contributed by atoms with Crippen molar-refractivity contribution in [2.75, 3.05) is 6.54 Å². The third-order valence-electron chi connectivity index (χ3n) is 11.3. The van der Waals surface area contributed by atoms with Gasteiger partial charge in [-0.05, 0) is 172 Å². The highest BCUT2D eigenvalue weighted by atomic mass is 14.9. The molecule has 6 aliphatic carbocycles. The molecule has 0 aromatic rings. The zero-order valence-corrected chi connectivity index (χ0v) is 29.0. The third-order valence-corrected chi connectivity index (χ3v) is 11.3. The van der Waals surface area contributed by atoms with Gasteiger partial charge in [0.1, 0.15) is 0 Å². The minimum absolute atomic E-state index is 0.504. The molecule has 0 bridgehead atoms. The van der Waals surface area contributed by atoms with Gasteiger partial charge in [-0.15, -0.1) is 0 Å². The molecule has 2 heteroatoms. The molecular weight excluding hydrogens is 569 g/mol. The highest BCUT2D eigenvalue weighted by Gasteiger charge is 2.27. The number of hydrogen-bond donors (Lipinski definition) is 2. The average molecular weight is 627 g/mol. The predicted molar refractivity (Wildman–Crippen MR) is 203 cm³/mol. The van der Waals surface area contributed by atoms with Crippen molar-refractivity contribution >= 4 is 0 Å². The van der Waals surface area contributed by atoms with Gasteiger partial charge in [0.2, 0.25) is 0 Å². The molecule has 0 amide bonds. The van der Waals surface area contributed by atoms with Crippen LogP contribution >= 0.6 is 0 Å². The normalized spacial score (nSPS) is 28.4. The van der Waals surface area contributed by atoms with Gasteiger partial charge in [0, 0.05) is 12.6 Å². The van der Waals surface area contributed by atoms with Crippen molar-refractivity contribution in [3.8, 4) is 0 Å². The van der Waals surface area contributed by atoms with Gasteiger partial charge in [0.15, 0.2) is 0 Å². The average Bonchev–Trinajstić information content (AvgIpc) is 3.15. The first-order chi connectivity index (χ1) is 23.2. The number of rotatable bonds is 11. The van der Waals surface area contributed by atoms with Crippen LogP contribution in [0.5, 0.6) is 0 Å². The lowest BCUT2D eigenvalue weighted by Crippen LogP contribution is -2.30. The second kappa shape index (κ2) is 17.2. The summed E-state index contributed by atoms with van der Waals surface area (Å²) in [6.45, 7) is 3.37. The Balaban J connectivity index is 1.27. The Hall–Kier alpha value is -3.36. The molecule has 0 saturated carbocycles. The van der Waals surface area contributed by atoms with E-state index in [4.69, 9.17) is 5.73 Å². The molecule has 2 nitrogen and oxygen atoms in total. The molecule has 0 fully saturated rings. The topological polar surface area (TPSA) is 38.0 Å². The maximum Gasteiger partial charge on any atom is 0.0253 e. The molecule has 0 spiro atoms. The van der Waals surface area contributed by atoms with Crippen LogP contribution in [-0.4, -0.2) is 12.6 Å². The Bertz CT molecular complexity index is 1500. The number of nitrogens with one attached hydrogen (secondary N) is 1. The molecule has 0 saturated heterocycles. The first kappa shape index (κ1) is 33.5. The minimum Gasteiger partial charge on any atom is -0.405 e. The number of nitrogens with two attached hydrogens (primary N) is 1. The van der Waals surface area contributed by atoms with Crippen LogP contribution in [0, 0.1) is 11.8 Å². The number of unbranched alkanes of at least 4 members (excludes halogenated alkanes) is 1. The van der Waals surface area contributed by atoms with Crippen LogP contribution < -0.4 is 11.1 Å². The van der Waals surface area contributed by atoms with Crippen molar-refractivity contribution in [1.82, 2.24) is 5.32 Å². The fraction of sp³-hybridized carbons (Fsp3) is 0.467.